The van der Waals surface area contributed by atoms with E-state index < -0.39 is 0 Å². The van der Waals surface area contributed by atoms with E-state index >= 15 is 0 Å². The Morgan fingerprint density at radius 3 is 2.68 bits per heavy atom. The number of hydrogen-bond acceptors (Lipinski definition) is 3. The quantitative estimate of drug-likeness (QED) is 0.905. The fourth-order valence-corrected chi connectivity index (χ4v) is 1.87. The third kappa shape index (κ3) is 3.69. The highest BCUT2D eigenvalue weighted by Crippen LogP contribution is 2.19. The summed E-state index contributed by atoms with van der Waals surface area (Å²) in [6, 6.07) is 11.4. The number of pyridine rings is 1. The van der Waals surface area contributed by atoms with E-state index in [4.69, 9.17) is 22.1 Å². The molecule has 3 nitrogen and oxygen atoms in total. The standard InChI is InChI=1S/C15H17ClN2O/c1-2-14(17)15-8-7-12(9-18-15)19-10-11-5-3-4-6-13(11)16/h3-9,14H,2,10,17H2,1H3. The number of rotatable bonds is 5. The van der Waals surface area contributed by atoms with Crippen LogP contribution in [-0.4, -0.2) is 4.98 Å². The molecule has 2 rings (SSSR count). The van der Waals surface area contributed by atoms with Gasteiger partial charge in [0.15, 0.2) is 0 Å². The molecular weight excluding hydrogens is 260 g/mol. The average Bonchev–Trinajstić information content (AvgIpc) is 2.46. The van der Waals surface area contributed by atoms with Gasteiger partial charge in [0, 0.05) is 16.6 Å². The van der Waals surface area contributed by atoms with E-state index in [9.17, 15) is 0 Å². The Morgan fingerprint density at radius 2 is 2.05 bits per heavy atom. The lowest BCUT2D eigenvalue weighted by atomic mass is 10.1. The highest BCUT2D eigenvalue weighted by Gasteiger charge is 2.05. The third-order valence-electron chi connectivity index (χ3n) is 2.93. The molecule has 0 fully saturated rings. The van der Waals surface area contributed by atoms with Crippen LogP contribution in [0.2, 0.25) is 5.02 Å². The highest BCUT2D eigenvalue weighted by atomic mass is 35.5. The summed E-state index contributed by atoms with van der Waals surface area (Å²) in [7, 11) is 0. The summed E-state index contributed by atoms with van der Waals surface area (Å²) in [6.45, 7) is 2.47. The lowest BCUT2D eigenvalue weighted by Gasteiger charge is -2.10. The molecule has 1 atom stereocenters. The summed E-state index contributed by atoms with van der Waals surface area (Å²) in [6.07, 6.45) is 2.56. The third-order valence-corrected chi connectivity index (χ3v) is 3.30. The molecule has 0 aliphatic carbocycles. The van der Waals surface area contributed by atoms with E-state index in [-0.39, 0.29) is 6.04 Å². The van der Waals surface area contributed by atoms with Crippen LogP contribution >= 0.6 is 11.6 Å². The Morgan fingerprint density at radius 1 is 1.26 bits per heavy atom. The Hall–Kier alpha value is -1.58. The van der Waals surface area contributed by atoms with E-state index in [0.29, 0.717) is 17.4 Å². The number of hydrogen-bond donors (Lipinski definition) is 1. The zero-order chi connectivity index (χ0) is 13.7. The summed E-state index contributed by atoms with van der Waals surface area (Å²) in [5.74, 6) is 0.715. The van der Waals surface area contributed by atoms with Gasteiger partial charge in [-0.25, -0.2) is 0 Å². The van der Waals surface area contributed by atoms with Crippen LogP contribution in [0.3, 0.4) is 0 Å². The number of benzene rings is 1. The molecule has 0 aliphatic heterocycles. The molecule has 0 spiro atoms. The van der Waals surface area contributed by atoms with Crippen molar-refractivity contribution in [2.45, 2.75) is 26.0 Å². The van der Waals surface area contributed by atoms with Crippen LogP contribution in [0, 0.1) is 0 Å². The fraction of sp³-hybridized carbons (Fsp3) is 0.267. The highest BCUT2D eigenvalue weighted by molar-refractivity contribution is 6.31. The van der Waals surface area contributed by atoms with Gasteiger partial charge in [0.1, 0.15) is 12.4 Å². The predicted octanol–water partition coefficient (Wildman–Crippen LogP) is 3.72. The van der Waals surface area contributed by atoms with Gasteiger partial charge in [-0.3, -0.25) is 4.98 Å². The van der Waals surface area contributed by atoms with Crippen molar-refractivity contribution in [1.29, 1.82) is 0 Å². The van der Waals surface area contributed by atoms with Crippen molar-refractivity contribution in [3.8, 4) is 5.75 Å². The second kappa shape index (κ2) is 6.55. The minimum atomic E-state index is -0.0161. The second-order valence-electron chi connectivity index (χ2n) is 4.31. The van der Waals surface area contributed by atoms with Gasteiger partial charge < -0.3 is 10.5 Å². The number of nitrogens with zero attached hydrogens (tertiary/aromatic N) is 1. The molecule has 1 aromatic carbocycles. The van der Waals surface area contributed by atoms with Crippen molar-refractivity contribution in [2.24, 2.45) is 5.73 Å². The van der Waals surface area contributed by atoms with Gasteiger partial charge >= 0.3 is 0 Å². The van der Waals surface area contributed by atoms with Crippen LogP contribution in [0.5, 0.6) is 5.75 Å². The van der Waals surface area contributed by atoms with Gasteiger partial charge in [-0.2, -0.15) is 0 Å². The fourth-order valence-electron chi connectivity index (χ4n) is 1.68. The maximum atomic E-state index is 6.06. The van der Waals surface area contributed by atoms with Crippen LogP contribution < -0.4 is 10.5 Å². The normalized spacial score (nSPS) is 12.2. The molecule has 1 heterocycles. The first-order valence-electron chi connectivity index (χ1n) is 6.28. The lowest BCUT2D eigenvalue weighted by molar-refractivity contribution is 0.305. The molecule has 0 saturated carbocycles. The van der Waals surface area contributed by atoms with Gasteiger partial charge in [-0.05, 0) is 24.6 Å². The molecule has 0 bridgehead atoms. The van der Waals surface area contributed by atoms with Gasteiger partial charge in [-0.1, -0.05) is 36.7 Å². The molecule has 0 aliphatic rings. The van der Waals surface area contributed by atoms with E-state index in [1.165, 1.54) is 0 Å². The predicted molar refractivity (Wildman–Crippen MR) is 77.2 cm³/mol. The SMILES string of the molecule is CCC(N)c1ccc(OCc2ccccc2Cl)cn1. The second-order valence-corrected chi connectivity index (χ2v) is 4.72. The first-order chi connectivity index (χ1) is 9.20. The van der Waals surface area contributed by atoms with Crippen LogP contribution in [0.25, 0.3) is 0 Å². The van der Waals surface area contributed by atoms with E-state index in [1.807, 2.05) is 43.3 Å². The number of nitrogens with two attached hydrogens (primary N) is 1. The summed E-state index contributed by atoms with van der Waals surface area (Å²) in [5, 5.41) is 0.708. The van der Waals surface area contributed by atoms with Crippen molar-refractivity contribution in [2.75, 3.05) is 0 Å². The summed E-state index contributed by atoms with van der Waals surface area (Å²) in [5.41, 5.74) is 7.75. The van der Waals surface area contributed by atoms with Crippen LogP contribution in [0.1, 0.15) is 30.6 Å². The van der Waals surface area contributed by atoms with Crippen molar-refractivity contribution in [3.05, 3.63) is 58.9 Å². The molecule has 4 heteroatoms. The number of halogens is 1. The number of aromatic nitrogens is 1. The first-order valence-corrected chi connectivity index (χ1v) is 6.66. The van der Waals surface area contributed by atoms with E-state index in [2.05, 4.69) is 4.98 Å². The lowest BCUT2D eigenvalue weighted by Crippen LogP contribution is -2.10. The van der Waals surface area contributed by atoms with Crippen molar-refractivity contribution >= 4 is 11.6 Å². The van der Waals surface area contributed by atoms with Gasteiger partial charge in [0.05, 0.1) is 11.9 Å². The van der Waals surface area contributed by atoms with Crippen LogP contribution in [0.4, 0.5) is 0 Å². The molecule has 2 N–H and O–H groups in total. The Balaban J connectivity index is 1.99. The molecule has 0 amide bonds. The van der Waals surface area contributed by atoms with Crippen molar-refractivity contribution < 1.29 is 4.74 Å². The summed E-state index contributed by atoms with van der Waals surface area (Å²) < 4.78 is 5.65. The van der Waals surface area contributed by atoms with Gasteiger partial charge in [0.25, 0.3) is 0 Å². The summed E-state index contributed by atoms with van der Waals surface area (Å²) in [4.78, 5) is 4.30. The smallest absolute Gasteiger partial charge is 0.138 e. The van der Waals surface area contributed by atoms with Crippen LogP contribution in [0.15, 0.2) is 42.6 Å². The topological polar surface area (TPSA) is 48.1 Å². The molecular formula is C15H17ClN2O. The van der Waals surface area contributed by atoms with E-state index in [1.54, 1.807) is 6.20 Å². The molecule has 1 aromatic heterocycles. The molecule has 0 radical (unpaired) electrons. The van der Waals surface area contributed by atoms with Gasteiger partial charge in [-0.15, -0.1) is 0 Å². The number of ether oxygens (including phenoxy) is 1. The maximum absolute atomic E-state index is 6.06. The van der Waals surface area contributed by atoms with Crippen molar-refractivity contribution in [3.63, 3.8) is 0 Å². The first kappa shape index (κ1) is 13.8. The monoisotopic (exact) mass is 276 g/mol. The Kier molecular flexibility index (Phi) is 4.77. The summed E-state index contributed by atoms with van der Waals surface area (Å²) >= 11 is 6.06. The zero-order valence-corrected chi connectivity index (χ0v) is 11.6. The molecule has 0 saturated heterocycles. The van der Waals surface area contributed by atoms with Crippen LogP contribution in [-0.2, 0) is 6.61 Å². The average molecular weight is 277 g/mol. The Bertz CT molecular complexity index is 528. The van der Waals surface area contributed by atoms with Gasteiger partial charge in [0.2, 0.25) is 0 Å². The largest absolute Gasteiger partial charge is 0.487 e. The zero-order valence-electron chi connectivity index (χ0n) is 10.8. The molecule has 1 unspecified atom stereocenters. The van der Waals surface area contributed by atoms with E-state index in [0.717, 1.165) is 17.7 Å². The minimum Gasteiger partial charge on any atom is -0.487 e. The minimum absolute atomic E-state index is 0.0161. The maximum Gasteiger partial charge on any atom is 0.138 e. The van der Waals surface area contributed by atoms with Crippen molar-refractivity contribution in [1.82, 2.24) is 4.98 Å². The molecule has 19 heavy (non-hydrogen) atoms. The molecule has 2 aromatic rings. The molecule has 100 valence electrons. The Labute approximate surface area is 118 Å².